The standard InChI is InChI=1S/C16H17FO2/c17-15-10-4-9-14(12-18)16(15)19-11-5-8-13-6-2-1-3-7-13/h1-4,6-7,9-10,18H,5,8,11-12H2. The third-order valence-corrected chi connectivity index (χ3v) is 2.92. The van der Waals surface area contributed by atoms with Crippen molar-refractivity contribution in [1.29, 1.82) is 0 Å². The molecular formula is C16H17FO2. The van der Waals surface area contributed by atoms with Gasteiger partial charge in [0.05, 0.1) is 13.2 Å². The SMILES string of the molecule is OCc1cccc(F)c1OCCCc1ccccc1. The molecule has 0 fully saturated rings. The molecule has 0 aliphatic carbocycles. The van der Waals surface area contributed by atoms with Crippen molar-refractivity contribution in [3.05, 3.63) is 65.5 Å². The first-order valence-electron chi connectivity index (χ1n) is 6.36. The number of aliphatic hydroxyl groups is 1. The maximum Gasteiger partial charge on any atom is 0.165 e. The molecule has 19 heavy (non-hydrogen) atoms. The molecule has 0 unspecified atom stereocenters. The smallest absolute Gasteiger partial charge is 0.165 e. The van der Waals surface area contributed by atoms with Crippen molar-refractivity contribution in [1.82, 2.24) is 0 Å². The highest BCUT2D eigenvalue weighted by Crippen LogP contribution is 2.22. The Balaban J connectivity index is 1.86. The molecule has 2 rings (SSSR count). The van der Waals surface area contributed by atoms with Crippen molar-refractivity contribution in [2.24, 2.45) is 0 Å². The Morgan fingerprint density at radius 1 is 1.00 bits per heavy atom. The fourth-order valence-electron chi connectivity index (χ4n) is 1.93. The van der Waals surface area contributed by atoms with Crippen LogP contribution in [-0.2, 0) is 13.0 Å². The number of rotatable bonds is 6. The molecule has 2 aromatic carbocycles. The highest BCUT2D eigenvalue weighted by atomic mass is 19.1. The van der Waals surface area contributed by atoms with E-state index in [1.807, 2.05) is 18.2 Å². The molecular weight excluding hydrogens is 243 g/mol. The Hall–Kier alpha value is -1.87. The van der Waals surface area contributed by atoms with E-state index in [4.69, 9.17) is 9.84 Å². The average Bonchev–Trinajstić information content (AvgIpc) is 2.46. The zero-order valence-electron chi connectivity index (χ0n) is 10.7. The second-order valence-electron chi connectivity index (χ2n) is 4.32. The van der Waals surface area contributed by atoms with E-state index >= 15 is 0 Å². The Labute approximate surface area is 112 Å². The average molecular weight is 260 g/mol. The van der Waals surface area contributed by atoms with Gasteiger partial charge in [-0.3, -0.25) is 0 Å². The molecule has 0 atom stereocenters. The fraction of sp³-hybridized carbons (Fsp3) is 0.250. The predicted octanol–water partition coefficient (Wildman–Crippen LogP) is 3.33. The number of para-hydroxylation sites is 1. The summed E-state index contributed by atoms with van der Waals surface area (Å²) in [5.74, 6) is -0.260. The van der Waals surface area contributed by atoms with E-state index in [-0.39, 0.29) is 12.4 Å². The maximum atomic E-state index is 13.6. The quantitative estimate of drug-likeness (QED) is 0.807. The molecule has 2 nitrogen and oxygen atoms in total. The van der Waals surface area contributed by atoms with Crippen LogP contribution in [0.25, 0.3) is 0 Å². The molecule has 100 valence electrons. The van der Waals surface area contributed by atoms with Crippen molar-refractivity contribution >= 4 is 0 Å². The summed E-state index contributed by atoms with van der Waals surface area (Å²) in [7, 11) is 0. The summed E-state index contributed by atoms with van der Waals surface area (Å²) in [4.78, 5) is 0. The van der Waals surface area contributed by atoms with Crippen LogP contribution in [0.15, 0.2) is 48.5 Å². The molecule has 3 heteroatoms. The minimum Gasteiger partial charge on any atom is -0.490 e. The molecule has 0 heterocycles. The van der Waals surface area contributed by atoms with Crippen LogP contribution in [0.5, 0.6) is 5.75 Å². The molecule has 0 aromatic heterocycles. The lowest BCUT2D eigenvalue weighted by Gasteiger charge is -2.10. The lowest BCUT2D eigenvalue weighted by molar-refractivity contribution is 0.254. The van der Waals surface area contributed by atoms with Crippen molar-refractivity contribution in [3.63, 3.8) is 0 Å². The number of benzene rings is 2. The summed E-state index contributed by atoms with van der Waals surface area (Å²) < 4.78 is 19.0. The summed E-state index contributed by atoms with van der Waals surface area (Å²) in [6.07, 6.45) is 1.70. The summed E-state index contributed by atoms with van der Waals surface area (Å²) in [6.45, 7) is 0.217. The van der Waals surface area contributed by atoms with Gasteiger partial charge < -0.3 is 9.84 Å². The zero-order valence-corrected chi connectivity index (χ0v) is 10.7. The first kappa shape index (κ1) is 13.6. The third-order valence-electron chi connectivity index (χ3n) is 2.92. The normalized spacial score (nSPS) is 10.4. The number of hydrogen-bond donors (Lipinski definition) is 1. The summed E-state index contributed by atoms with van der Waals surface area (Å²) in [6, 6.07) is 14.7. The first-order valence-corrected chi connectivity index (χ1v) is 6.36. The second-order valence-corrected chi connectivity index (χ2v) is 4.32. The molecule has 2 aromatic rings. The van der Waals surface area contributed by atoms with E-state index in [2.05, 4.69) is 12.1 Å². The van der Waals surface area contributed by atoms with Gasteiger partial charge in [0.2, 0.25) is 0 Å². The van der Waals surface area contributed by atoms with Crippen LogP contribution in [0.1, 0.15) is 17.5 Å². The van der Waals surface area contributed by atoms with E-state index in [1.54, 1.807) is 12.1 Å². The monoisotopic (exact) mass is 260 g/mol. The van der Waals surface area contributed by atoms with Crippen LogP contribution >= 0.6 is 0 Å². The van der Waals surface area contributed by atoms with Gasteiger partial charge in [-0.1, -0.05) is 42.5 Å². The third kappa shape index (κ3) is 3.80. The van der Waals surface area contributed by atoms with Crippen LogP contribution in [0.3, 0.4) is 0 Å². The van der Waals surface area contributed by atoms with E-state index in [1.165, 1.54) is 11.6 Å². The lowest BCUT2D eigenvalue weighted by Crippen LogP contribution is -2.03. The maximum absolute atomic E-state index is 13.6. The Bertz CT molecular complexity index is 511. The van der Waals surface area contributed by atoms with E-state index < -0.39 is 5.82 Å². The molecule has 0 amide bonds. The number of aliphatic hydroxyl groups excluding tert-OH is 1. The molecule has 0 spiro atoms. The molecule has 0 aliphatic rings. The van der Waals surface area contributed by atoms with Gasteiger partial charge in [0.1, 0.15) is 0 Å². The highest BCUT2D eigenvalue weighted by molar-refractivity contribution is 5.34. The van der Waals surface area contributed by atoms with Crippen molar-refractivity contribution in [3.8, 4) is 5.75 Å². The largest absolute Gasteiger partial charge is 0.490 e. The zero-order chi connectivity index (χ0) is 13.5. The van der Waals surface area contributed by atoms with Crippen molar-refractivity contribution < 1.29 is 14.2 Å². The molecule has 0 bridgehead atoms. The van der Waals surface area contributed by atoms with Crippen molar-refractivity contribution in [2.45, 2.75) is 19.4 Å². The van der Waals surface area contributed by atoms with Gasteiger partial charge >= 0.3 is 0 Å². The summed E-state index contributed by atoms with van der Waals surface area (Å²) in [5, 5.41) is 9.13. The van der Waals surface area contributed by atoms with Gasteiger partial charge in [-0.15, -0.1) is 0 Å². The molecule has 0 saturated heterocycles. The minimum absolute atomic E-state index is 0.165. The Kier molecular flexibility index (Phi) is 4.93. The molecule has 0 saturated carbocycles. The number of halogens is 1. The van der Waals surface area contributed by atoms with Gasteiger partial charge in [-0.2, -0.15) is 0 Å². The fourth-order valence-corrected chi connectivity index (χ4v) is 1.93. The highest BCUT2D eigenvalue weighted by Gasteiger charge is 2.08. The van der Waals surface area contributed by atoms with Crippen LogP contribution in [0, 0.1) is 5.82 Å². The molecule has 0 aliphatic heterocycles. The minimum atomic E-state index is -0.425. The topological polar surface area (TPSA) is 29.5 Å². The number of hydrogen-bond acceptors (Lipinski definition) is 2. The summed E-state index contributed by atoms with van der Waals surface area (Å²) >= 11 is 0. The first-order chi connectivity index (χ1) is 9.31. The number of aryl methyl sites for hydroxylation is 1. The van der Waals surface area contributed by atoms with Gasteiger partial charge in [0, 0.05) is 5.56 Å². The van der Waals surface area contributed by atoms with Gasteiger partial charge in [0.25, 0.3) is 0 Å². The van der Waals surface area contributed by atoms with Gasteiger partial charge in [-0.05, 0) is 24.5 Å². The molecule has 0 radical (unpaired) electrons. The van der Waals surface area contributed by atoms with Crippen LogP contribution in [0.4, 0.5) is 4.39 Å². The lowest BCUT2D eigenvalue weighted by atomic mass is 10.1. The van der Waals surface area contributed by atoms with Gasteiger partial charge in [0.15, 0.2) is 11.6 Å². The van der Waals surface area contributed by atoms with Gasteiger partial charge in [-0.25, -0.2) is 4.39 Å². The Morgan fingerprint density at radius 3 is 2.53 bits per heavy atom. The summed E-state index contributed by atoms with van der Waals surface area (Å²) in [5.41, 5.74) is 1.72. The van der Waals surface area contributed by atoms with Crippen LogP contribution in [-0.4, -0.2) is 11.7 Å². The van der Waals surface area contributed by atoms with E-state index in [9.17, 15) is 4.39 Å². The Morgan fingerprint density at radius 2 is 1.79 bits per heavy atom. The second kappa shape index (κ2) is 6.90. The van der Waals surface area contributed by atoms with Crippen LogP contribution in [0.2, 0.25) is 0 Å². The molecule has 1 N–H and O–H groups in total. The van der Waals surface area contributed by atoms with Crippen molar-refractivity contribution in [2.75, 3.05) is 6.61 Å². The number of ether oxygens (including phenoxy) is 1. The predicted molar refractivity (Wildman–Crippen MR) is 72.6 cm³/mol. The van der Waals surface area contributed by atoms with Crippen LogP contribution < -0.4 is 4.74 Å². The van der Waals surface area contributed by atoms with E-state index in [0.29, 0.717) is 12.2 Å². The van der Waals surface area contributed by atoms with E-state index in [0.717, 1.165) is 12.8 Å².